The average molecular weight is 394 g/mol. The van der Waals surface area contributed by atoms with Crippen molar-refractivity contribution in [3.8, 4) is 11.5 Å². The first-order valence-corrected chi connectivity index (χ1v) is 9.04. The molecule has 3 rings (SSSR count). The number of nitrogens with one attached hydrogen (secondary N) is 2. The molecule has 3 aromatic rings. The summed E-state index contributed by atoms with van der Waals surface area (Å²) in [4.78, 5) is 24.2. The molecule has 1 aromatic heterocycles. The third-order valence-electron chi connectivity index (χ3n) is 4.22. The lowest BCUT2D eigenvalue weighted by molar-refractivity contribution is -0.116. The summed E-state index contributed by atoms with van der Waals surface area (Å²) in [6.07, 6.45) is 2.30. The van der Waals surface area contributed by atoms with Crippen LogP contribution in [-0.4, -0.2) is 26.0 Å². The van der Waals surface area contributed by atoms with Crippen LogP contribution in [0.15, 0.2) is 65.3 Å². The lowest BCUT2D eigenvalue weighted by Gasteiger charge is -2.09. The van der Waals surface area contributed by atoms with Gasteiger partial charge in [0.15, 0.2) is 5.76 Å². The summed E-state index contributed by atoms with van der Waals surface area (Å²) in [6.45, 7) is 0. The standard InChI is InChI=1S/C22H22N2O5/c1-27-18-12-15(13-19(14-18)28-2)5-10-21(25)23-16-6-8-17(9-7-16)24-22(26)20-4-3-11-29-20/h3-4,6-9,11-14H,5,10H2,1-2H3,(H,23,25)(H,24,26). The fourth-order valence-corrected chi connectivity index (χ4v) is 2.73. The van der Waals surface area contributed by atoms with Gasteiger partial charge in [-0.15, -0.1) is 0 Å². The molecule has 0 spiro atoms. The highest BCUT2D eigenvalue weighted by atomic mass is 16.5. The summed E-state index contributed by atoms with van der Waals surface area (Å²) in [5.41, 5.74) is 2.20. The Morgan fingerprint density at radius 1 is 0.897 bits per heavy atom. The van der Waals surface area contributed by atoms with Crippen LogP contribution in [0.4, 0.5) is 11.4 Å². The van der Waals surface area contributed by atoms with Gasteiger partial charge in [0.1, 0.15) is 11.5 Å². The Bertz CT molecular complexity index is 943. The zero-order chi connectivity index (χ0) is 20.6. The van der Waals surface area contributed by atoms with Crippen LogP contribution < -0.4 is 20.1 Å². The van der Waals surface area contributed by atoms with E-state index in [1.165, 1.54) is 6.26 Å². The van der Waals surface area contributed by atoms with E-state index < -0.39 is 0 Å². The molecule has 0 aliphatic carbocycles. The van der Waals surface area contributed by atoms with Crippen LogP contribution in [0.1, 0.15) is 22.5 Å². The third kappa shape index (κ3) is 5.62. The van der Waals surface area contributed by atoms with Crippen LogP contribution in [0.2, 0.25) is 0 Å². The number of carbonyl (C=O) groups is 2. The van der Waals surface area contributed by atoms with Crippen molar-refractivity contribution >= 4 is 23.2 Å². The fourth-order valence-electron chi connectivity index (χ4n) is 2.73. The van der Waals surface area contributed by atoms with Crippen LogP contribution in [-0.2, 0) is 11.2 Å². The maximum Gasteiger partial charge on any atom is 0.291 e. The minimum absolute atomic E-state index is 0.112. The topological polar surface area (TPSA) is 89.8 Å². The van der Waals surface area contributed by atoms with Crippen molar-refractivity contribution in [3.63, 3.8) is 0 Å². The van der Waals surface area contributed by atoms with Gasteiger partial charge < -0.3 is 24.5 Å². The molecule has 2 aromatic carbocycles. The minimum Gasteiger partial charge on any atom is -0.497 e. The molecule has 29 heavy (non-hydrogen) atoms. The average Bonchev–Trinajstić information content (AvgIpc) is 3.28. The predicted molar refractivity (Wildman–Crippen MR) is 110 cm³/mol. The zero-order valence-electron chi connectivity index (χ0n) is 16.2. The highest BCUT2D eigenvalue weighted by molar-refractivity contribution is 6.02. The van der Waals surface area contributed by atoms with Gasteiger partial charge in [-0.2, -0.15) is 0 Å². The predicted octanol–water partition coefficient (Wildman–Crippen LogP) is 4.12. The number of anilines is 2. The Morgan fingerprint density at radius 2 is 1.52 bits per heavy atom. The number of carbonyl (C=O) groups excluding carboxylic acids is 2. The maximum absolute atomic E-state index is 12.3. The van der Waals surface area contributed by atoms with E-state index in [1.54, 1.807) is 56.7 Å². The summed E-state index contributed by atoms with van der Waals surface area (Å²) in [5, 5.41) is 5.57. The van der Waals surface area contributed by atoms with Crippen molar-refractivity contribution in [2.45, 2.75) is 12.8 Å². The van der Waals surface area contributed by atoms with Gasteiger partial charge in [0.2, 0.25) is 5.91 Å². The summed E-state index contributed by atoms with van der Waals surface area (Å²) >= 11 is 0. The molecule has 7 nitrogen and oxygen atoms in total. The van der Waals surface area contributed by atoms with Crippen molar-refractivity contribution in [1.29, 1.82) is 0 Å². The number of hydrogen-bond donors (Lipinski definition) is 2. The van der Waals surface area contributed by atoms with Crippen LogP contribution in [0, 0.1) is 0 Å². The first-order chi connectivity index (χ1) is 14.1. The highest BCUT2D eigenvalue weighted by Gasteiger charge is 2.09. The fraction of sp³-hybridized carbons (Fsp3) is 0.182. The number of benzene rings is 2. The molecular formula is C22H22N2O5. The minimum atomic E-state index is -0.333. The molecule has 2 N–H and O–H groups in total. The first-order valence-electron chi connectivity index (χ1n) is 9.04. The smallest absolute Gasteiger partial charge is 0.291 e. The van der Waals surface area contributed by atoms with Crippen molar-refractivity contribution in [1.82, 2.24) is 0 Å². The Kier molecular flexibility index (Phi) is 6.52. The Morgan fingerprint density at radius 3 is 2.07 bits per heavy atom. The SMILES string of the molecule is COc1cc(CCC(=O)Nc2ccc(NC(=O)c3ccco3)cc2)cc(OC)c1. The second-order valence-electron chi connectivity index (χ2n) is 6.28. The van der Waals surface area contributed by atoms with E-state index in [0.717, 1.165) is 5.56 Å². The van der Waals surface area contributed by atoms with Gasteiger partial charge in [-0.05, 0) is 60.5 Å². The van der Waals surface area contributed by atoms with E-state index >= 15 is 0 Å². The van der Waals surface area contributed by atoms with Crippen molar-refractivity contribution in [3.05, 3.63) is 72.2 Å². The van der Waals surface area contributed by atoms with Gasteiger partial charge in [0.25, 0.3) is 5.91 Å². The largest absolute Gasteiger partial charge is 0.497 e. The van der Waals surface area contributed by atoms with Crippen LogP contribution in [0.3, 0.4) is 0 Å². The molecule has 0 saturated carbocycles. The van der Waals surface area contributed by atoms with Gasteiger partial charge in [0.05, 0.1) is 20.5 Å². The van der Waals surface area contributed by atoms with Gasteiger partial charge in [-0.1, -0.05) is 0 Å². The molecule has 7 heteroatoms. The van der Waals surface area contributed by atoms with E-state index in [-0.39, 0.29) is 17.6 Å². The number of ether oxygens (including phenoxy) is 2. The molecular weight excluding hydrogens is 372 g/mol. The van der Waals surface area contributed by atoms with Gasteiger partial charge in [-0.25, -0.2) is 0 Å². The molecule has 2 amide bonds. The normalized spacial score (nSPS) is 10.3. The van der Waals surface area contributed by atoms with Gasteiger partial charge in [-0.3, -0.25) is 9.59 Å². The Hall–Kier alpha value is -3.74. The monoisotopic (exact) mass is 394 g/mol. The molecule has 0 fully saturated rings. The van der Waals surface area contributed by atoms with E-state index in [0.29, 0.717) is 35.7 Å². The lowest BCUT2D eigenvalue weighted by Crippen LogP contribution is -2.13. The molecule has 1 heterocycles. The van der Waals surface area contributed by atoms with E-state index in [2.05, 4.69) is 10.6 Å². The zero-order valence-corrected chi connectivity index (χ0v) is 16.2. The number of hydrogen-bond acceptors (Lipinski definition) is 5. The molecule has 0 radical (unpaired) electrons. The molecule has 0 aliphatic rings. The second-order valence-corrected chi connectivity index (χ2v) is 6.28. The molecule has 150 valence electrons. The number of aryl methyl sites for hydroxylation is 1. The van der Waals surface area contributed by atoms with Crippen LogP contribution in [0.25, 0.3) is 0 Å². The van der Waals surface area contributed by atoms with E-state index in [4.69, 9.17) is 13.9 Å². The summed E-state index contributed by atoms with van der Waals surface area (Å²) < 4.78 is 15.5. The summed E-state index contributed by atoms with van der Waals surface area (Å²) in [5.74, 6) is 1.16. The van der Waals surface area contributed by atoms with Crippen LogP contribution >= 0.6 is 0 Å². The van der Waals surface area contributed by atoms with Gasteiger partial charge in [0, 0.05) is 23.9 Å². The second kappa shape index (κ2) is 9.45. The van der Waals surface area contributed by atoms with Crippen molar-refractivity contribution in [2.24, 2.45) is 0 Å². The van der Waals surface area contributed by atoms with Crippen LogP contribution in [0.5, 0.6) is 11.5 Å². The van der Waals surface area contributed by atoms with E-state index in [9.17, 15) is 9.59 Å². The van der Waals surface area contributed by atoms with Crippen molar-refractivity contribution < 1.29 is 23.5 Å². The van der Waals surface area contributed by atoms with Gasteiger partial charge >= 0.3 is 0 Å². The number of furan rings is 1. The summed E-state index contributed by atoms with van der Waals surface area (Å²) in [7, 11) is 3.18. The number of methoxy groups -OCH3 is 2. The Balaban J connectivity index is 1.52. The molecule has 0 atom stereocenters. The first kappa shape index (κ1) is 20.0. The molecule has 0 saturated heterocycles. The third-order valence-corrected chi connectivity index (χ3v) is 4.22. The Labute approximate surface area is 168 Å². The van der Waals surface area contributed by atoms with Crippen molar-refractivity contribution in [2.75, 3.05) is 24.9 Å². The number of rotatable bonds is 8. The quantitative estimate of drug-likeness (QED) is 0.600. The van der Waals surface area contributed by atoms with E-state index in [1.807, 2.05) is 12.1 Å². The number of amides is 2. The highest BCUT2D eigenvalue weighted by Crippen LogP contribution is 2.23. The molecule has 0 bridgehead atoms. The summed E-state index contributed by atoms with van der Waals surface area (Å²) in [6, 6.07) is 15.7. The molecule has 0 unspecified atom stereocenters. The molecule has 0 aliphatic heterocycles. The maximum atomic E-state index is 12.3. The lowest BCUT2D eigenvalue weighted by atomic mass is 10.1.